The number of nitrogens with zero attached hydrogens (tertiary/aromatic N) is 5. The largest absolute Gasteiger partial charge is 0.378 e. The van der Waals surface area contributed by atoms with Gasteiger partial charge in [-0.3, -0.25) is 4.79 Å². The van der Waals surface area contributed by atoms with Crippen molar-refractivity contribution in [3.63, 3.8) is 0 Å². The van der Waals surface area contributed by atoms with Crippen LogP contribution in [0.5, 0.6) is 0 Å². The molecule has 2 aliphatic heterocycles. The molecule has 4 heterocycles. The number of aromatic nitrogens is 3. The van der Waals surface area contributed by atoms with Crippen LogP contribution in [0.15, 0.2) is 29.9 Å². The zero-order valence-corrected chi connectivity index (χ0v) is 17.9. The molecule has 0 bridgehead atoms. The molecule has 156 valence electrons. The number of rotatable bonds is 4. The van der Waals surface area contributed by atoms with E-state index in [0.29, 0.717) is 11.6 Å². The number of aryl methyl sites for hydroxylation is 1. The van der Waals surface area contributed by atoms with E-state index in [-0.39, 0.29) is 11.7 Å². The highest BCUT2D eigenvalue weighted by Gasteiger charge is 2.29. The molecule has 8 heteroatoms. The van der Waals surface area contributed by atoms with Gasteiger partial charge in [-0.15, -0.1) is 11.3 Å². The number of ketones is 1. The lowest BCUT2D eigenvalue weighted by Crippen LogP contribution is -2.39. The fourth-order valence-electron chi connectivity index (χ4n) is 4.33. The summed E-state index contributed by atoms with van der Waals surface area (Å²) < 4.78 is 5.46. The van der Waals surface area contributed by atoms with E-state index >= 15 is 0 Å². The van der Waals surface area contributed by atoms with Crippen LogP contribution in [0.25, 0.3) is 10.9 Å². The number of carbonyl (C=O) groups is 1. The molecule has 1 unspecified atom stereocenters. The smallest absolute Gasteiger partial charge is 0.196 e. The Labute approximate surface area is 179 Å². The van der Waals surface area contributed by atoms with Crippen LogP contribution in [0.2, 0.25) is 0 Å². The highest BCUT2D eigenvalue weighted by Crippen LogP contribution is 2.31. The SMILES string of the molecule is Cc1csc(C(=O)C2CCCN(c3ncnc4cc(N5CCOCC5)ccc34)C2)n1. The molecule has 2 aliphatic rings. The summed E-state index contributed by atoms with van der Waals surface area (Å²) in [6.45, 7) is 6.82. The van der Waals surface area contributed by atoms with E-state index in [1.807, 2.05) is 12.3 Å². The summed E-state index contributed by atoms with van der Waals surface area (Å²) in [6.07, 6.45) is 3.51. The van der Waals surface area contributed by atoms with Crippen LogP contribution in [-0.2, 0) is 4.74 Å². The molecule has 0 aliphatic carbocycles. The van der Waals surface area contributed by atoms with Crippen LogP contribution < -0.4 is 9.80 Å². The average Bonchev–Trinajstić information content (AvgIpc) is 3.24. The Bertz CT molecular complexity index is 1060. The third kappa shape index (κ3) is 3.77. The summed E-state index contributed by atoms with van der Waals surface area (Å²) in [7, 11) is 0. The van der Waals surface area contributed by atoms with Gasteiger partial charge in [0.05, 0.1) is 18.7 Å². The molecule has 0 saturated carbocycles. The van der Waals surface area contributed by atoms with Crippen molar-refractivity contribution in [1.82, 2.24) is 15.0 Å². The van der Waals surface area contributed by atoms with Crippen molar-refractivity contribution in [2.24, 2.45) is 5.92 Å². The Morgan fingerprint density at radius 3 is 2.83 bits per heavy atom. The molecule has 7 nitrogen and oxygen atoms in total. The van der Waals surface area contributed by atoms with Crippen molar-refractivity contribution in [2.75, 3.05) is 49.2 Å². The summed E-state index contributed by atoms with van der Waals surface area (Å²) >= 11 is 1.45. The summed E-state index contributed by atoms with van der Waals surface area (Å²) in [6, 6.07) is 6.40. The lowest BCUT2D eigenvalue weighted by Gasteiger charge is -2.33. The van der Waals surface area contributed by atoms with E-state index in [1.165, 1.54) is 17.0 Å². The summed E-state index contributed by atoms with van der Waals surface area (Å²) in [5.74, 6) is 1.04. The molecule has 2 fully saturated rings. The summed E-state index contributed by atoms with van der Waals surface area (Å²) in [4.78, 5) is 31.0. The number of morpholine rings is 1. The lowest BCUT2D eigenvalue weighted by molar-refractivity contribution is 0.0906. The topological polar surface area (TPSA) is 71.5 Å². The van der Waals surface area contributed by atoms with Gasteiger partial charge in [-0.2, -0.15) is 0 Å². The van der Waals surface area contributed by atoms with Gasteiger partial charge < -0.3 is 14.5 Å². The van der Waals surface area contributed by atoms with Crippen LogP contribution in [0, 0.1) is 12.8 Å². The Kier molecular flexibility index (Phi) is 5.35. The van der Waals surface area contributed by atoms with Gasteiger partial charge in [0.25, 0.3) is 0 Å². The van der Waals surface area contributed by atoms with Crippen molar-refractivity contribution < 1.29 is 9.53 Å². The number of hydrogen-bond acceptors (Lipinski definition) is 8. The number of ether oxygens (including phenoxy) is 1. The summed E-state index contributed by atoms with van der Waals surface area (Å²) in [5, 5.41) is 3.60. The molecule has 0 amide bonds. The van der Waals surface area contributed by atoms with E-state index in [9.17, 15) is 4.79 Å². The van der Waals surface area contributed by atoms with E-state index in [0.717, 1.165) is 68.1 Å². The maximum absolute atomic E-state index is 12.9. The fourth-order valence-corrected chi connectivity index (χ4v) is 5.14. The fraction of sp³-hybridized carbons (Fsp3) is 0.455. The first-order chi connectivity index (χ1) is 14.7. The van der Waals surface area contributed by atoms with Crippen molar-refractivity contribution in [1.29, 1.82) is 0 Å². The molecule has 30 heavy (non-hydrogen) atoms. The average molecular weight is 424 g/mol. The number of piperidine rings is 1. The van der Waals surface area contributed by atoms with Crippen LogP contribution >= 0.6 is 11.3 Å². The predicted molar refractivity (Wildman–Crippen MR) is 119 cm³/mol. The zero-order valence-electron chi connectivity index (χ0n) is 17.1. The molecule has 5 rings (SSSR count). The van der Waals surface area contributed by atoms with Gasteiger partial charge in [-0.1, -0.05) is 0 Å². The van der Waals surface area contributed by atoms with Crippen LogP contribution in [-0.4, -0.2) is 60.1 Å². The van der Waals surface area contributed by atoms with Crippen molar-refractivity contribution in [3.8, 4) is 0 Å². The molecule has 1 aromatic carbocycles. The van der Waals surface area contributed by atoms with Gasteiger partial charge in [-0.05, 0) is 38.0 Å². The first-order valence-electron chi connectivity index (χ1n) is 10.5. The van der Waals surface area contributed by atoms with Gasteiger partial charge in [-0.25, -0.2) is 15.0 Å². The van der Waals surface area contributed by atoms with Crippen LogP contribution in [0.4, 0.5) is 11.5 Å². The van der Waals surface area contributed by atoms with Gasteiger partial charge in [0.15, 0.2) is 10.8 Å². The highest BCUT2D eigenvalue weighted by molar-refractivity contribution is 7.11. The second-order valence-corrected chi connectivity index (χ2v) is 8.80. The van der Waals surface area contributed by atoms with Crippen LogP contribution in [0.1, 0.15) is 28.3 Å². The minimum absolute atomic E-state index is 0.0399. The van der Waals surface area contributed by atoms with Crippen molar-refractivity contribution >= 4 is 39.5 Å². The standard InChI is InChI=1S/C22H25N5O2S/c1-15-13-30-22(25-15)20(28)16-3-2-6-27(12-16)21-18-5-4-17(11-19(18)23-14-24-21)26-7-9-29-10-8-26/h4-5,11,13-14,16H,2-3,6-10,12H2,1H3. The van der Waals surface area contributed by atoms with Crippen molar-refractivity contribution in [2.45, 2.75) is 19.8 Å². The number of benzene rings is 1. The number of anilines is 2. The van der Waals surface area contributed by atoms with E-state index < -0.39 is 0 Å². The van der Waals surface area contributed by atoms with Crippen LogP contribution in [0.3, 0.4) is 0 Å². The zero-order chi connectivity index (χ0) is 20.5. The quantitative estimate of drug-likeness (QED) is 0.596. The second-order valence-electron chi connectivity index (χ2n) is 7.94. The minimum atomic E-state index is -0.0399. The van der Waals surface area contributed by atoms with E-state index in [4.69, 9.17) is 4.74 Å². The Morgan fingerprint density at radius 1 is 1.17 bits per heavy atom. The third-order valence-electron chi connectivity index (χ3n) is 5.90. The van der Waals surface area contributed by atoms with E-state index in [1.54, 1.807) is 6.33 Å². The Morgan fingerprint density at radius 2 is 2.03 bits per heavy atom. The second kappa shape index (κ2) is 8.28. The number of hydrogen-bond donors (Lipinski definition) is 0. The molecule has 0 N–H and O–H groups in total. The molecular formula is C22H25N5O2S. The van der Waals surface area contributed by atoms with Gasteiger partial charge in [0, 0.05) is 54.2 Å². The van der Waals surface area contributed by atoms with Crippen molar-refractivity contribution in [3.05, 3.63) is 40.6 Å². The molecular weight excluding hydrogens is 398 g/mol. The number of thiazole rings is 1. The predicted octanol–water partition coefficient (Wildman–Crippen LogP) is 3.33. The normalized spacial score (nSPS) is 20.0. The van der Waals surface area contributed by atoms with E-state index in [2.05, 4.69) is 43.0 Å². The minimum Gasteiger partial charge on any atom is -0.378 e. The monoisotopic (exact) mass is 423 g/mol. The van der Waals surface area contributed by atoms with Gasteiger partial charge in [0.1, 0.15) is 12.1 Å². The molecule has 0 spiro atoms. The first-order valence-corrected chi connectivity index (χ1v) is 11.4. The number of carbonyl (C=O) groups excluding carboxylic acids is 1. The molecule has 2 saturated heterocycles. The Hall–Kier alpha value is -2.58. The number of Topliss-reactive ketones (excluding diaryl/α,β-unsaturated/α-hetero) is 1. The van der Waals surface area contributed by atoms with Gasteiger partial charge in [0.2, 0.25) is 0 Å². The lowest BCUT2D eigenvalue weighted by atomic mass is 9.93. The molecule has 2 aromatic heterocycles. The van der Waals surface area contributed by atoms with Gasteiger partial charge >= 0.3 is 0 Å². The first kappa shape index (κ1) is 19.4. The molecule has 1 atom stereocenters. The maximum atomic E-state index is 12.9. The maximum Gasteiger partial charge on any atom is 0.196 e. The molecule has 3 aromatic rings. The highest BCUT2D eigenvalue weighted by atomic mass is 32.1. The molecule has 0 radical (unpaired) electrons. The Balaban J connectivity index is 1.40. The number of fused-ring (bicyclic) bond motifs is 1. The third-order valence-corrected chi connectivity index (χ3v) is 6.87. The summed E-state index contributed by atoms with van der Waals surface area (Å²) in [5.41, 5.74) is 3.02.